The Morgan fingerprint density at radius 2 is 1.78 bits per heavy atom. The maximum atomic E-state index is 12.7. The Balaban J connectivity index is 1.91. The van der Waals surface area contributed by atoms with E-state index in [0.29, 0.717) is 10.7 Å². The summed E-state index contributed by atoms with van der Waals surface area (Å²) in [5.41, 5.74) is 2.38. The molecule has 0 radical (unpaired) electrons. The van der Waals surface area contributed by atoms with Crippen LogP contribution in [0.25, 0.3) is 11.0 Å². The van der Waals surface area contributed by atoms with Gasteiger partial charge in [0.05, 0.1) is 10.9 Å². The predicted octanol–water partition coefficient (Wildman–Crippen LogP) is 4.09. The molecular weight excluding hydrogens is 310 g/mol. The molecule has 0 spiro atoms. The zero-order valence-corrected chi connectivity index (χ0v) is 14.1. The molecule has 5 heteroatoms. The summed E-state index contributed by atoms with van der Waals surface area (Å²) < 4.78 is 33.7. The summed E-state index contributed by atoms with van der Waals surface area (Å²) in [6.45, 7) is 5.45. The van der Waals surface area contributed by atoms with Crippen LogP contribution in [0.5, 0.6) is 0 Å². The molecule has 1 heterocycles. The molecule has 0 saturated carbocycles. The molecule has 0 fully saturated rings. The molecule has 4 nitrogen and oxygen atoms in total. The van der Waals surface area contributed by atoms with Gasteiger partial charge in [-0.3, -0.25) is 0 Å². The zero-order valence-electron chi connectivity index (χ0n) is 13.3. The first-order valence-corrected chi connectivity index (χ1v) is 8.93. The monoisotopic (exact) mass is 329 g/mol. The van der Waals surface area contributed by atoms with E-state index in [1.165, 1.54) is 0 Å². The number of hydrogen-bond acceptors (Lipinski definition) is 3. The smallest absolute Gasteiger partial charge is 0.241 e. The van der Waals surface area contributed by atoms with Crippen molar-refractivity contribution in [3.63, 3.8) is 0 Å². The third-order valence-electron chi connectivity index (χ3n) is 3.84. The number of aryl methyl sites for hydroxylation is 2. The van der Waals surface area contributed by atoms with Crippen LogP contribution in [-0.2, 0) is 10.0 Å². The van der Waals surface area contributed by atoms with Crippen LogP contribution in [0.4, 0.5) is 0 Å². The van der Waals surface area contributed by atoms with Crippen LogP contribution < -0.4 is 4.72 Å². The SMILES string of the molecule is Cc1ccc(C)c(S(=O)(=O)N[C@@H](C)c2cc3ccccc3o2)c1. The Bertz CT molecular complexity index is 924. The molecule has 3 aromatic rings. The molecule has 0 amide bonds. The molecule has 2 aromatic carbocycles. The summed E-state index contributed by atoms with van der Waals surface area (Å²) in [5, 5.41) is 0.959. The first-order chi connectivity index (χ1) is 10.9. The van der Waals surface area contributed by atoms with Crippen LogP contribution in [0.15, 0.2) is 57.8 Å². The minimum absolute atomic E-state index is 0.306. The lowest BCUT2D eigenvalue weighted by atomic mass is 10.2. The van der Waals surface area contributed by atoms with Crippen molar-refractivity contribution in [1.82, 2.24) is 4.72 Å². The molecule has 120 valence electrons. The minimum Gasteiger partial charge on any atom is -0.459 e. The molecule has 1 aromatic heterocycles. The van der Waals surface area contributed by atoms with Crippen molar-refractivity contribution in [2.75, 3.05) is 0 Å². The normalized spacial score (nSPS) is 13.3. The van der Waals surface area contributed by atoms with Gasteiger partial charge in [-0.2, -0.15) is 0 Å². The van der Waals surface area contributed by atoms with Crippen LogP contribution in [0.3, 0.4) is 0 Å². The van der Waals surface area contributed by atoms with E-state index < -0.39 is 16.1 Å². The molecule has 1 N–H and O–H groups in total. The van der Waals surface area contributed by atoms with Crippen molar-refractivity contribution in [2.24, 2.45) is 0 Å². The van der Waals surface area contributed by atoms with Crippen LogP contribution >= 0.6 is 0 Å². The predicted molar refractivity (Wildman–Crippen MR) is 90.9 cm³/mol. The second-order valence-electron chi connectivity index (χ2n) is 5.80. The van der Waals surface area contributed by atoms with Gasteiger partial charge in [0.2, 0.25) is 10.0 Å². The highest BCUT2D eigenvalue weighted by Crippen LogP contribution is 2.25. The van der Waals surface area contributed by atoms with Gasteiger partial charge in [0.25, 0.3) is 0 Å². The number of nitrogens with one attached hydrogen (secondary N) is 1. The number of benzene rings is 2. The van der Waals surface area contributed by atoms with Crippen molar-refractivity contribution >= 4 is 21.0 Å². The van der Waals surface area contributed by atoms with Gasteiger partial charge in [-0.15, -0.1) is 0 Å². The molecule has 23 heavy (non-hydrogen) atoms. The molecule has 0 aliphatic carbocycles. The Labute approximate surface area is 136 Å². The fraction of sp³-hybridized carbons (Fsp3) is 0.222. The molecule has 0 unspecified atom stereocenters. The number of rotatable bonds is 4. The van der Waals surface area contributed by atoms with Crippen LogP contribution in [-0.4, -0.2) is 8.42 Å². The van der Waals surface area contributed by atoms with Crippen molar-refractivity contribution < 1.29 is 12.8 Å². The quantitative estimate of drug-likeness (QED) is 0.784. The van der Waals surface area contributed by atoms with Crippen LogP contribution in [0.2, 0.25) is 0 Å². The number of fused-ring (bicyclic) bond motifs is 1. The lowest BCUT2D eigenvalue weighted by molar-refractivity contribution is 0.484. The van der Waals surface area contributed by atoms with Gasteiger partial charge in [0, 0.05) is 5.39 Å². The molecule has 0 aliphatic rings. The van der Waals surface area contributed by atoms with Gasteiger partial charge in [-0.05, 0) is 50.1 Å². The molecule has 0 bridgehead atoms. The highest BCUT2D eigenvalue weighted by atomic mass is 32.2. The number of hydrogen-bond donors (Lipinski definition) is 1. The second kappa shape index (κ2) is 5.83. The minimum atomic E-state index is -3.61. The van der Waals surface area contributed by atoms with Crippen LogP contribution in [0, 0.1) is 13.8 Å². The molecular formula is C18H19NO3S. The van der Waals surface area contributed by atoms with Gasteiger partial charge in [-0.25, -0.2) is 13.1 Å². The highest BCUT2D eigenvalue weighted by Gasteiger charge is 2.22. The molecule has 0 aliphatic heterocycles. The van der Waals surface area contributed by atoms with E-state index in [9.17, 15) is 8.42 Å². The largest absolute Gasteiger partial charge is 0.459 e. The average Bonchev–Trinajstić information content (AvgIpc) is 2.93. The zero-order chi connectivity index (χ0) is 16.6. The number of furan rings is 1. The summed E-state index contributed by atoms with van der Waals surface area (Å²) >= 11 is 0. The van der Waals surface area contributed by atoms with Gasteiger partial charge >= 0.3 is 0 Å². The van der Waals surface area contributed by atoms with Crippen molar-refractivity contribution in [2.45, 2.75) is 31.7 Å². The first kappa shape index (κ1) is 15.8. The average molecular weight is 329 g/mol. The van der Waals surface area contributed by atoms with E-state index in [1.807, 2.05) is 49.4 Å². The Morgan fingerprint density at radius 1 is 1.04 bits per heavy atom. The van der Waals surface area contributed by atoms with E-state index >= 15 is 0 Å². The van der Waals surface area contributed by atoms with E-state index in [-0.39, 0.29) is 0 Å². The van der Waals surface area contributed by atoms with Gasteiger partial charge < -0.3 is 4.42 Å². The number of sulfonamides is 1. The maximum Gasteiger partial charge on any atom is 0.241 e. The summed E-state index contributed by atoms with van der Waals surface area (Å²) in [6.07, 6.45) is 0. The summed E-state index contributed by atoms with van der Waals surface area (Å²) in [6, 6.07) is 14.4. The van der Waals surface area contributed by atoms with Crippen molar-refractivity contribution in [1.29, 1.82) is 0 Å². The maximum absolute atomic E-state index is 12.7. The topological polar surface area (TPSA) is 59.3 Å². The van der Waals surface area contributed by atoms with E-state index in [1.54, 1.807) is 19.9 Å². The van der Waals surface area contributed by atoms with Gasteiger partial charge in [0.15, 0.2) is 0 Å². The van der Waals surface area contributed by atoms with E-state index in [2.05, 4.69) is 4.72 Å². The second-order valence-corrected chi connectivity index (χ2v) is 7.48. The molecule has 3 rings (SSSR count). The third-order valence-corrected chi connectivity index (χ3v) is 5.52. The van der Waals surface area contributed by atoms with Crippen LogP contribution in [0.1, 0.15) is 29.9 Å². The Morgan fingerprint density at radius 3 is 2.52 bits per heavy atom. The summed E-state index contributed by atoms with van der Waals surface area (Å²) in [5.74, 6) is 0.597. The lowest BCUT2D eigenvalue weighted by Gasteiger charge is -2.14. The van der Waals surface area contributed by atoms with Gasteiger partial charge in [0.1, 0.15) is 11.3 Å². The summed E-state index contributed by atoms with van der Waals surface area (Å²) in [4.78, 5) is 0.306. The first-order valence-electron chi connectivity index (χ1n) is 7.45. The summed E-state index contributed by atoms with van der Waals surface area (Å²) in [7, 11) is -3.61. The Kier molecular flexibility index (Phi) is 4.00. The lowest BCUT2D eigenvalue weighted by Crippen LogP contribution is -2.27. The fourth-order valence-electron chi connectivity index (χ4n) is 2.57. The molecule has 1 atom stereocenters. The Hall–Kier alpha value is -2.11. The molecule has 0 saturated heterocycles. The third kappa shape index (κ3) is 3.16. The van der Waals surface area contributed by atoms with Crippen molar-refractivity contribution in [3.8, 4) is 0 Å². The van der Waals surface area contributed by atoms with E-state index in [0.717, 1.165) is 22.1 Å². The standard InChI is InChI=1S/C18H19NO3S/c1-12-8-9-13(2)18(10-12)23(20,21)19-14(3)17-11-15-6-4-5-7-16(15)22-17/h4-11,14,19H,1-3H3/t14-/m0/s1. The van der Waals surface area contributed by atoms with Gasteiger partial charge in [-0.1, -0.05) is 30.3 Å². The number of para-hydroxylation sites is 1. The van der Waals surface area contributed by atoms with E-state index in [4.69, 9.17) is 4.42 Å². The fourth-order valence-corrected chi connectivity index (χ4v) is 4.11. The van der Waals surface area contributed by atoms with Crippen molar-refractivity contribution in [3.05, 3.63) is 65.4 Å². The highest BCUT2D eigenvalue weighted by molar-refractivity contribution is 7.89.